The maximum atomic E-state index is 12.6. The molecule has 0 bridgehead atoms. The first-order chi connectivity index (χ1) is 10.4. The fourth-order valence-electron chi connectivity index (χ4n) is 1.83. The van der Waals surface area contributed by atoms with Crippen molar-refractivity contribution in [2.45, 2.75) is 12.1 Å². The van der Waals surface area contributed by atoms with Crippen LogP contribution in [0.15, 0.2) is 48.8 Å². The van der Waals surface area contributed by atoms with E-state index in [0.717, 1.165) is 12.1 Å². The number of rotatable bonds is 5. The lowest BCUT2D eigenvalue weighted by Crippen LogP contribution is -2.19. The van der Waals surface area contributed by atoms with Crippen molar-refractivity contribution in [3.63, 3.8) is 0 Å². The highest BCUT2D eigenvalue weighted by atomic mass is 19.4. The molecule has 0 aliphatic carbocycles. The van der Waals surface area contributed by atoms with Crippen molar-refractivity contribution in [1.82, 2.24) is 4.98 Å². The predicted molar refractivity (Wildman–Crippen MR) is 71.6 cm³/mol. The highest BCUT2D eigenvalue weighted by Gasteiger charge is 2.30. The molecule has 0 fully saturated rings. The molecular weight excluding hydrogens is 299 g/mol. The lowest BCUT2D eigenvalue weighted by molar-refractivity contribution is -0.140. The maximum absolute atomic E-state index is 12.6. The van der Waals surface area contributed by atoms with Crippen LogP contribution in [-0.4, -0.2) is 22.7 Å². The van der Waals surface area contributed by atoms with Crippen LogP contribution < -0.4 is 4.74 Å². The van der Waals surface area contributed by atoms with Gasteiger partial charge in [-0.3, -0.25) is 9.78 Å². The SMILES string of the molecule is O=C(O)C(COc1cccc(C(F)(F)F)c1)c1cccnc1. The Morgan fingerprint density at radius 3 is 2.64 bits per heavy atom. The van der Waals surface area contributed by atoms with Crippen molar-refractivity contribution in [2.24, 2.45) is 0 Å². The minimum atomic E-state index is -4.48. The van der Waals surface area contributed by atoms with Gasteiger partial charge >= 0.3 is 12.1 Å². The van der Waals surface area contributed by atoms with E-state index in [-0.39, 0.29) is 12.4 Å². The topological polar surface area (TPSA) is 59.4 Å². The number of carboxylic acids is 1. The number of benzene rings is 1. The summed E-state index contributed by atoms with van der Waals surface area (Å²) in [7, 11) is 0. The van der Waals surface area contributed by atoms with Gasteiger partial charge in [-0.1, -0.05) is 12.1 Å². The summed E-state index contributed by atoms with van der Waals surface area (Å²) in [6, 6.07) is 7.46. The molecule has 0 amide bonds. The Labute approximate surface area is 124 Å². The van der Waals surface area contributed by atoms with Crippen LogP contribution in [0.5, 0.6) is 5.75 Å². The molecule has 2 rings (SSSR count). The molecular formula is C15H12F3NO3. The second-order valence-electron chi connectivity index (χ2n) is 4.51. The monoisotopic (exact) mass is 311 g/mol. The maximum Gasteiger partial charge on any atom is 0.416 e. The van der Waals surface area contributed by atoms with Crippen LogP contribution in [0.2, 0.25) is 0 Å². The summed E-state index contributed by atoms with van der Waals surface area (Å²) in [4.78, 5) is 15.1. The third kappa shape index (κ3) is 3.97. The minimum Gasteiger partial charge on any atom is -0.492 e. The van der Waals surface area contributed by atoms with E-state index >= 15 is 0 Å². The van der Waals surface area contributed by atoms with Gasteiger partial charge in [0.2, 0.25) is 0 Å². The molecule has 1 N–H and O–H groups in total. The fourth-order valence-corrected chi connectivity index (χ4v) is 1.83. The van der Waals surface area contributed by atoms with E-state index in [9.17, 15) is 23.1 Å². The fraction of sp³-hybridized carbons (Fsp3) is 0.200. The predicted octanol–water partition coefficient (Wildman–Crippen LogP) is 3.35. The molecule has 2 aromatic rings. The van der Waals surface area contributed by atoms with E-state index in [2.05, 4.69) is 4.98 Å². The number of alkyl halides is 3. The number of aliphatic carboxylic acids is 1. The zero-order valence-corrected chi connectivity index (χ0v) is 11.2. The number of halogens is 3. The van der Waals surface area contributed by atoms with Crippen LogP contribution >= 0.6 is 0 Å². The van der Waals surface area contributed by atoms with Gasteiger partial charge in [0.25, 0.3) is 0 Å². The molecule has 0 saturated heterocycles. The zero-order chi connectivity index (χ0) is 16.2. The van der Waals surface area contributed by atoms with Crippen LogP contribution in [-0.2, 0) is 11.0 Å². The molecule has 1 heterocycles. The lowest BCUT2D eigenvalue weighted by Gasteiger charge is -2.15. The Bertz CT molecular complexity index is 644. The standard InChI is InChI=1S/C15H12F3NO3/c16-15(17,18)11-4-1-5-12(7-11)22-9-13(14(20)21)10-3-2-6-19-8-10/h1-8,13H,9H2,(H,20,21). The van der Waals surface area contributed by atoms with Gasteiger partial charge in [-0.05, 0) is 29.8 Å². The minimum absolute atomic E-state index is 0.0371. The van der Waals surface area contributed by atoms with Gasteiger partial charge in [0.05, 0.1) is 5.56 Å². The first-order valence-electron chi connectivity index (χ1n) is 6.30. The third-order valence-corrected chi connectivity index (χ3v) is 2.96. The summed E-state index contributed by atoms with van der Waals surface area (Å²) in [6.07, 6.45) is -1.60. The van der Waals surface area contributed by atoms with Crippen molar-refractivity contribution >= 4 is 5.97 Å². The van der Waals surface area contributed by atoms with Gasteiger partial charge < -0.3 is 9.84 Å². The van der Waals surface area contributed by atoms with Crippen LogP contribution in [0.25, 0.3) is 0 Å². The van der Waals surface area contributed by atoms with Crippen molar-refractivity contribution in [3.8, 4) is 5.75 Å². The van der Waals surface area contributed by atoms with Gasteiger partial charge in [0.1, 0.15) is 18.3 Å². The van der Waals surface area contributed by atoms with E-state index in [0.29, 0.717) is 5.56 Å². The molecule has 4 nitrogen and oxygen atoms in total. The summed E-state index contributed by atoms with van der Waals surface area (Å²) in [6.45, 7) is -0.289. The summed E-state index contributed by atoms with van der Waals surface area (Å²) < 4.78 is 43.0. The van der Waals surface area contributed by atoms with Gasteiger partial charge in [-0.15, -0.1) is 0 Å². The number of hydrogen-bond acceptors (Lipinski definition) is 3. The number of hydrogen-bond donors (Lipinski definition) is 1. The zero-order valence-electron chi connectivity index (χ0n) is 11.2. The van der Waals surface area contributed by atoms with Gasteiger partial charge in [-0.2, -0.15) is 13.2 Å². The lowest BCUT2D eigenvalue weighted by atomic mass is 10.0. The molecule has 0 spiro atoms. The first kappa shape index (κ1) is 15.8. The van der Waals surface area contributed by atoms with E-state index in [1.165, 1.54) is 24.5 Å². The Balaban J connectivity index is 2.12. The van der Waals surface area contributed by atoms with Crippen LogP contribution in [0.3, 0.4) is 0 Å². The Hall–Kier alpha value is -2.57. The second kappa shape index (κ2) is 6.46. The van der Waals surface area contributed by atoms with E-state index < -0.39 is 23.6 Å². The summed E-state index contributed by atoms with van der Waals surface area (Å²) in [5.74, 6) is -2.19. The highest BCUT2D eigenvalue weighted by Crippen LogP contribution is 2.31. The number of carbonyl (C=O) groups is 1. The molecule has 0 saturated carbocycles. The Kier molecular flexibility index (Phi) is 4.65. The van der Waals surface area contributed by atoms with Crippen molar-refractivity contribution in [1.29, 1.82) is 0 Å². The van der Waals surface area contributed by atoms with Crippen LogP contribution in [0.1, 0.15) is 17.0 Å². The van der Waals surface area contributed by atoms with Crippen LogP contribution in [0, 0.1) is 0 Å². The summed E-state index contributed by atoms with van der Waals surface area (Å²) in [5, 5.41) is 9.20. The Morgan fingerprint density at radius 1 is 1.27 bits per heavy atom. The third-order valence-electron chi connectivity index (χ3n) is 2.96. The number of carboxylic acid groups (broad SMARTS) is 1. The van der Waals surface area contributed by atoms with Gasteiger partial charge in [-0.25, -0.2) is 0 Å². The molecule has 1 atom stereocenters. The van der Waals surface area contributed by atoms with E-state index in [1.54, 1.807) is 12.1 Å². The van der Waals surface area contributed by atoms with Crippen LogP contribution in [0.4, 0.5) is 13.2 Å². The van der Waals surface area contributed by atoms with E-state index in [1.807, 2.05) is 0 Å². The quantitative estimate of drug-likeness (QED) is 0.920. The van der Waals surface area contributed by atoms with Crippen molar-refractivity contribution in [3.05, 3.63) is 59.9 Å². The summed E-state index contributed by atoms with van der Waals surface area (Å²) >= 11 is 0. The number of aromatic nitrogens is 1. The molecule has 1 unspecified atom stereocenters. The molecule has 1 aromatic heterocycles. The largest absolute Gasteiger partial charge is 0.492 e. The average molecular weight is 311 g/mol. The van der Waals surface area contributed by atoms with E-state index in [4.69, 9.17) is 4.74 Å². The smallest absolute Gasteiger partial charge is 0.416 e. The molecule has 0 aliphatic heterocycles. The van der Waals surface area contributed by atoms with Gasteiger partial charge in [0, 0.05) is 12.4 Å². The van der Waals surface area contributed by atoms with Gasteiger partial charge in [0.15, 0.2) is 0 Å². The first-order valence-corrected chi connectivity index (χ1v) is 6.30. The molecule has 0 aliphatic rings. The number of pyridine rings is 1. The summed E-state index contributed by atoms with van der Waals surface area (Å²) in [5.41, 5.74) is -0.430. The Morgan fingerprint density at radius 2 is 2.05 bits per heavy atom. The molecule has 7 heteroatoms. The average Bonchev–Trinajstić information content (AvgIpc) is 2.48. The molecule has 22 heavy (non-hydrogen) atoms. The molecule has 1 aromatic carbocycles. The molecule has 0 radical (unpaired) electrons. The molecule has 116 valence electrons. The normalized spacial score (nSPS) is 12.7. The van der Waals surface area contributed by atoms with Crippen molar-refractivity contribution in [2.75, 3.05) is 6.61 Å². The second-order valence-corrected chi connectivity index (χ2v) is 4.51. The number of ether oxygens (including phenoxy) is 1. The van der Waals surface area contributed by atoms with Crippen molar-refractivity contribution < 1.29 is 27.8 Å². The number of nitrogens with zero attached hydrogens (tertiary/aromatic N) is 1. The highest BCUT2D eigenvalue weighted by molar-refractivity contribution is 5.76.